The van der Waals surface area contributed by atoms with Gasteiger partial charge < -0.3 is 10.2 Å². The summed E-state index contributed by atoms with van der Waals surface area (Å²) in [6.45, 7) is 20.7. The van der Waals surface area contributed by atoms with E-state index in [1.54, 1.807) is 0 Å². The molecule has 0 unspecified atom stereocenters. The summed E-state index contributed by atoms with van der Waals surface area (Å²) in [6, 6.07) is 8.38. The third kappa shape index (κ3) is 4.40. The van der Waals surface area contributed by atoms with E-state index in [9.17, 15) is 19.8 Å². The Balaban J connectivity index is 0.000000152. The molecule has 8 rings (SSSR count). The average molecular weight is 641 g/mol. The van der Waals surface area contributed by atoms with E-state index in [2.05, 4.69) is 90.1 Å². The lowest BCUT2D eigenvalue weighted by Gasteiger charge is -2.18. The molecule has 4 heteroatoms. The van der Waals surface area contributed by atoms with Gasteiger partial charge in [0.25, 0.3) is 0 Å². The highest BCUT2D eigenvalue weighted by Gasteiger charge is 2.59. The number of aliphatic hydroxyl groups is 2. The van der Waals surface area contributed by atoms with Crippen molar-refractivity contribution < 1.29 is 19.8 Å². The number of aliphatic hydroxyl groups excluding tert-OH is 2. The van der Waals surface area contributed by atoms with Gasteiger partial charge in [0, 0.05) is 47.3 Å². The molecule has 0 aromatic heterocycles. The van der Waals surface area contributed by atoms with Gasteiger partial charge in [-0.25, -0.2) is 0 Å². The van der Waals surface area contributed by atoms with Gasteiger partial charge in [-0.3, -0.25) is 9.59 Å². The second-order valence-electron chi connectivity index (χ2n) is 15.7. The molecular weight excluding hydrogens is 592 g/mol. The van der Waals surface area contributed by atoms with E-state index in [4.69, 9.17) is 0 Å². The smallest absolute Gasteiger partial charge is 0.171 e. The van der Waals surface area contributed by atoms with E-state index < -0.39 is 0 Å². The molecule has 4 bridgehead atoms. The lowest BCUT2D eigenvalue weighted by atomic mass is 9.83. The van der Waals surface area contributed by atoms with Crippen molar-refractivity contribution in [2.45, 2.75) is 69.2 Å². The topological polar surface area (TPSA) is 74.6 Å². The van der Waals surface area contributed by atoms with Crippen molar-refractivity contribution in [2.24, 2.45) is 47.3 Å². The number of carbonyl (C=O) groups excluding carboxylic acids is 2. The van der Waals surface area contributed by atoms with E-state index >= 15 is 0 Å². The molecule has 0 aliphatic heterocycles. The molecule has 8 atom stereocenters. The van der Waals surface area contributed by atoms with Crippen molar-refractivity contribution in [1.29, 1.82) is 0 Å². The zero-order chi connectivity index (χ0) is 34.7. The van der Waals surface area contributed by atoms with Crippen molar-refractivity contribution in [1.82, 2.24) is 0 Å². The number of fused-ring (bicyclic) bond motifs is 10. The fourth-order valence-corrected chi connectivity index (χ4v) is 10.7. The third-order valence-electron chi connectivity index (χ3n) is 12.1. The van der Waals surface area contributed by atoms with Gasteiger partial charge in [-0.2, -0.15) is 0 Å². The molecule has 2 aromatic carbocycles. The largest absolute Gasteiger partial charge is 0.511 e. The van der Waals surface area contributed by atoms with E-state index in [1.807, 2.05) is 27.7 Å². The fourth-order valence-electron chi connectivity index (χ4n) is 10.7. The van der Waals surface area contributed by atoms with Crippen LogP contribution in [0.5, 0.6) is 0 Å². The van der Waals surface area contributed by atoms with Crippen molar-refractivity contribution in [2.75, 3.05) is 0 Å². The normalized spacial score (nSPS) is 30.5. The molecule has 0 heterocycles. The summed E-state index contributed by atoms with van der Waals surface area (Å²) in [5.74, 6) is 1.26. The molecule has 0 spiro atoms. The number of Topliss-reactive ketones (excluding diaryl/α,β-unsaturated/α-hetero) is 2. The number of rotatable bonds is 2. The van der Waals surface area contributed by atoms with Gasteiger partial charge in [-0.1, -0.05) is 82.0 Å². The van der Waals surface area contributed by atoms with Crippen LogP contribution in [0, 0.1) is 88.9 Å². The molecule has 4 nitrogen and oxygen atoms in total. The highest BCUT2D eigenvalue weighted by molar-refractivity contribution is 6.27. The Kier molecular flexibility index (Phi) is 7.54. The van der Waals surface area contributed by atoms with Gasteiger partial charge in [0.15, 0.2) is 11.6 Å². The van der Waals surface area contributed by atoms with Crippen LogP contribution in [-0.2, 0) is 9.59 Å². The van der Waals surface area contributed by atoms with E-state index in [0.717, 1.165) is 33.4 Å². The van der Waals surface area contributed by atoms with Crippen LogP contribution in [-0.4, -0.2) is 21.8 Å². The van der Waals surface area contributed by atoms with Crippen LogP contribution < -0.4 is 0 Å². The molecule has 2 N–H and O–H groups in total. The maximum absolute atomic E-state index is 13.3. The summed E-state index contributed by atoms with van der Waals surface area (Å²) in [6.07, 6.45) is 8.74. The van der Waals surface area contributed by atoms with E-state index in [-0.39, 0.29) is 58.9 Å². The minimum atomic E-state index is -0.111. The molecular formula is C44H48O4. The number of benzene rings is 2. The first-order valence-corrected chi connectivity index (χ1v) is 17.5. The summed E-state index contributed by atoms with van der Waals surface area (Å²) in [5.41, 5.74) is 15.0. The quantitative estimate of drug-likeness (QED) is 0.321. The Morgan fingerprint density at radius 1 is 0.479 bits per heavy atom. The Morgan fingerprint density at radius 3 is 1.00 bits per heavy atom. The minimum absolute atomic E-state index is 0.0625. The summed E-state index contributed by atoms with van der Waals surface area (Å²) in [5, 5.41) is 22.1. The van der Waals surface area contributed by atoms with Crippen LogP contribution in [0.2, 0.25) is 0 Å². The first-order valence-electron chi connectivity index (χ1n) is 17.5. The summed E-state index contributed by atoms with van der Waals surface area (Å²) in [4.78, 5) is 26.5. The second kappa shape index (κ2) is 11.2. The molecule has 0 amide bonds. The van der Waals surface area contributed by atoms with Crippen molar-refractivity contribution in [3.63, 3.8) is 0 Å². The van der Waals surface area contributed by atoms with Gasteiger partial charge in [0.2, 0.25) is 0 Å². The van der Waals surface area contributed by atoms with Crippen LogP contribution in [0.1, 0.15) is 72.2 Å². The molecule has 248 valence electrons. The van der Waals surface area contributed by atoms with Crippen LogP contribution in [0.25, 0.3) is 11.1 Å². The number of hydrogen-bond acceptors (Lipinski definition) is 4. The number of allylic oxidation sites excluding steroid dienone is 12. The standard InChI is InChI=1S/2C22H24O2/c2*1-10(2)16-14-6-7-15(16)19-18(14)21(23)20(22(19)24)17-12(4)8-11(3)9-13(17)5/h2*6-9,14-15,18-19,23H,1-5H3/t14-,15+,18+,19-;14-,15+,18-,19+/m00/s1. The Bertz CT molecular complexity index is 1820. The predicted octanol–water partition coefficient (Wildman–Crippen LogP) is 9.70. The molecule has 6 aliphatic rings. The number of ketones is 2. The summed E-state index contributed by atoms with van der Waals surface area (Å²) >= 11 is 0. The van der Waals surface area contributed by atoms with Gasteiger partial charge in [0.05, 0.1) is 11.1 Å². The zero-order valence-electron chi connectivity index (χ0n) is 29.9. The van der Waals surface area contributed by atoms with Gasteiger partial charge in [-0.15, -0.1) is 0 Å². The highest BCUT2D eigenvalue weighted by atomic mass is 16.3. The zero-order valence-corrected chi connectivity index (χ0v) is 29.9. The molecule has 6 aliphatic carbocycles. The first-order chi connectivity index (χ1) is 22.6. The maximum atomic E-state index is 13.3. The predicted molar refractivity (Wildman–Crippen MR) is 193 cm³/mol. The number of hydrogen-bond donors (Lipinski definition) is 2. The molecule has 2 saturated carbocycles. The first kappa shape index (κ1) is 32.4. The van der Waals surface area contributed by atoms with Gasteiger partial charge in [-0.05, 0) is 103 Å². The van der Waals surface area contributed by atoms with Crippen LogP contribution in [0.3, 0.4) is 0 Å². The van der Waals surface area contributed by atoms with Gasteiger partial charge in [0.1, 0.15) is 11.5 Å². The molecule has 2 fully saturated rings. The van der Waals surface area contributed by atoms with Crippen LogP contribution in [0.4, 0.5) is 0 Å². The molecule has 0 radical (unpaired) electrons. The van der Waals surface area contributed by atoms with E-state index in [1.165, 1.54) is 33.4 Å². The van der Waals surface area contributed by atoms with E-state index in [0.29, 0.717) is 22.7 Å². The van der Waals surface area contributed by atoms with Crippen molar-refractivity contribution >= 4 is 22.7 Å². The van der Waals surface area contributed by atoms with Crippen LogP contribution in [0.15, 0.2) is 82.4 Å². The SMILES string of the molecule is CC(C)=C1[C@H]2C=C[C@@H]1[C@@H]1C(O)=C(c3c(C)cc(C)cc3C)C(=O)[C@@H]12.CC(C)=C1[C@H]2C=C[C@@H]1[C@H]1C(O)=C(c3c(C)cc(C)cc3C)C(=O)[C@H]12. The lowest BCUT2D eigenvalue weighted by molar-refractivity contribution is -0.118. The fraction of sp³-hybridized carbons (Fsp3) is 0.409. The summed E-state index contributed by atoms with van der Waals surface area (Å²) in [7, 11) is 0. The monoisotopic (exact) mass is 640 g/mol. The third-order valence-corrected chi connectivity index (χ3v) is 12.1. The second-order valence-corrected chi connectivity index (χ2v) is 15.7. The van der Waals surface area contributed by atoms with Gasteiger partial charge >= 0.3 is 0 Å². The number of aryl methyl sites for hydroxylation is 6. The highest BCUT2D eigenvalue weighted by Crippen LogP contribution is 2.62. The molecule has 48 heavy (non-hydrogen) atoms. The average Bonchev–Trinajstić information content (AvgIpc) is 3.82. The minimum Gasteiger partial charge on any atom is -0.511 e. The summed E-state index contributed by atoms with van der Waals surface area (Å²) < 4.78 is 0. The lowest BCUT2D eigenvalue weighted by Crippen LogP contribution is -2.22. The van der Waals surface area contributed by atoms with Crippen molar-refractivity contribution in [3.05, 3.63) is 127 Å². The van der Waals surface area contributed by atoms with Crippen LogP contribution >= 0.6 is 0 Å². The Hall–Kier alpha value is -4.18. The van der Waals surface area contributed by atoms with Crippen molar-refractivity contribution in [3.8, 4) is 0 Å². The maximum Gasteiger partial charge on any atom is 0.171 e. The Labute approximate surface area is 285 Å². The molecule has 2 aromatic rings. The molecule has 0 saturated heterocycles. The number of carbonyl (C=O) groups is 2. The Morgan fingerprint density at radius 2 is 0.750 bits per heavy atom.